The van der Waals surface area contributed by atoms with Crippen molar-refractivity contribution >= 4 is 0 Å². The zero-order valence-electron chi connectivity index (χ0n) is 13.1. The predicted molar refractivity (Wildman–Crippen MR) is 82.9 cm³/mol. The number of piperidine rings is 2. The molecule has 0 amide bonds. The van der Waals surface area contributed by atoms with Crippen molar-refractivity contribution in [3.05, 3.63) is 0 Å². The fourth-order valence-electron chi connectivity index (χ4n) is 5.48. The van der Waals surface area contributed by atoms with E-state index in [-0.39, 0.29) is 0 Å². The second-order valence-electron chi connectivity index (χ2n) is 7.75. The molecule has 3 nitrogen and oxygen atoms in total. The minimum atomic E-state index is 0.853. The van der Waals surface area contributed by atoms with Gasteiger partial charge in [-0.25, -0.2) is 0 Å². The summed E-state index contributed by atoms with van der Waals surface area (Å²) in [5, 5.41) is 3.73. The summed E-state index contributed by atoms with van der Waals surface area (Å²) in [5.74, 6) is 0.969. The zero-order valence-corrected chi connectivity index (χ0v) is 13.1. The molecule has 0 aliphatic carbocycles. The summed E-state index contributed by atoms with van der Waals surface area (Å²) in [4.78, 5) is 5.52. The highest BCUT2D eigenvalue weighted by Crippen LogP contribution is 2.37. The third-order valence-corrected chi connectivity index (χ3v) is 6.83. The van der Waals surface area contributed by atoms with Crippen LogP contribution in [0.4, 0.5) is 0 Å². The molecule has 1 N–H and O–H groups in total. The van der Waals surface area contributed by atoms with E-state index in [4.69, 9.17) is 0 Å². The molecular weight excluding hydrogens is 246 g/mol. The Balaban J connectivity index is 1.31. The summed E-state index contributed by atoms with van der Waals surface area (Å²) < 4.78 is 0. The van der Waals surface area contributed by atoms with E-state index in [1.165, 1.54) is 71.0 Å². The van der Waals surface area contributed by atoms with Gasteiger partial charge in [-0.15, -0.1) is 0 Å². The number of nitrogens with zero attached hydrogens (tertiary/aromatic N) is 2. The first kappa shape index (κ1) is 13.5. The summed E-state index contributed by atoms with van der Waals surface area (Å²) in [7, 11) is 2.36. The maximum atomic E-state index is 3.73. The molecule has 114 valence electrons. The summed E-state index contributed by atoms with van der Waals surface area (Å²) in [5.41, 5.74) is 0. The van der Waals surface area contributed by atoms with Crippen molar-refractivity contribution in [3.63, 3.8) is 0 Å². The molecule has 2 bridgehead atoms. The number of fused-ring (bicyclic) bond motifs is 2. The smallest absolute Gasteiger partial charge is 0.0125 e. The highest BCUT2D eigenvalue weighted by Gasteiger charge is 2.41. The monoisotopic (exact) mass is 277 g/mol. The van der Waals surface area contributed by atoms with Crippen molar-refractivity contribution in [2.24, 2.45) is 5.92 Å². The molecule has 3 atom stereocenters. The Morgan fingerprint density at radius 2 is 1.55 bits per heavy atom. The Morgan fingerprint density at radius 3 is 2.15 bits per heavy atom. The Bertz CT molecular complexity index is 317. The minimum Gasteiger partial charge on any atom is -0.314 e. The molecule has 3 heteroatoms. The number of hydrogen-bond acceptors (Lipinski definition) is 3. The van der Waals surface area contributed by atoms with Crippen molar-refractivity contribution in [1.29, 1.82) is 0 Å². The molecule has 0 aromatic carbocycles. The average molecular weight is 277 g/mol. The Hall–Kier alpha value is -0.120. The molecule has 20 heavy (non-hydrogen) atoms. The SMILES string of the molecule is CN1C2CCC1CC(N1CCC(C3CCCN3)CC1)C2. The van der Waals surface area contributed by atoms with Crippen molar-refractivity contribution in [2.75, 3.05) is 26.7 Å². The number of likely N-dealkylation sites (tertiary alicyclic amines) is 1. The zero-order chi connectivity index (χ0) is 13.5. The lowest BCUT2D eigenvalue weighted by Gasteiger charge is -2.45. The highest BCUT2D eigenvalue weighted by molar-refractivity contribution is 4.98. The Labute approximate surface area is 124 Å². The van der Waals surface area contributed by atoms with Crippen molar-refractivity contribution in [2.45, 2.75) is 75.5 Å². The van der Waals surface area contributed by atoms with Crippen LogP contribution in [-0.4, -0.2) is 60.6 Å². The quantitative estimate of drug-likeness (QED) is 0.834. The maximum Gasteiger partial charge on any atom is 0.0125 e. The summed E-state index contributed by atoms with van der Waals surface area (Å²) >= 11 is 0. The molecule has 0 aromatic rings. The van der Waals surface area contributed by atoms with Crippen molar-refractivity contribution in [1.82, 2.24) is 15.1 Å². The second-order valence-corrected chi connectivity index (χ2v) is 7.75. The van der Waals surface area contributed by atoms with Gasteiger partial charge < -0.3 is 15.1 Å². The van der Waals surface area contributed by atoms with Crippen LogP contribution in [0.25, 0.3) is 0 Å². The van der Waals surface area contributed by atoms with Gasteiger partial charge in [0.15, 0.2) is 0 Å². The lowest BCUT2D eigenvalue weighted by Crippen LogP contribution is -2.52. The average Bonchev–Trinajstić information content (AvgIpc) is 3.06. The molecule has 0 spiro atoms. The van der Waals surface area contributed by atoms with Crippen LogP contribution < -0.4 is 5.32 Å². The van der Waals surface area contributed by atoms with E-state index in [1.807, 2.05) is 0 Å². The third kappa shape index (κ3) is 2.42. The van der Waals surface area contributed by atoms with E-state index < -0.39 is 0 Å². The van der Waals surface area contributed by atoms with Crippen LogP contribution in [0.2, 0.25) is 0 Å². The minimum absolute atomic E-state index is 0.853. The van der Waals surface area contributed by atoms with Gasteiger partial charge in [-0.1, -0.05) is 0 Å². The molecule has 4 aliphatic heterocycles. The molecule has 4 saturated heterocycles. The molecular formula is C17H31N3. The summed E-state index contributed by atoms with van der Waals surface area (Å²) in [6.45, 7) is 4.01. The first-order chi connectivity index (χ1) is 9.81. The van der Waals surface area contributed by atoms with Gasteiger partial charge in [0.1, 0.15) is 0 Å². The van der Waals surface area contributed by atoms with E-state index in [9.17, 15) is 0 Å². The predicted octanol–water partition coefficient (Wildman–Crippen LogP) is 2.08. The maximum absolute atomic E-state index is 3.73. The molecule has 4 rings (SSSR count). The van der Waals surface area contributed by atoms with E-state index in [1.54, 1.807) is 0 Å². The molecule has 3 unspecified atom stereocenters. The largest absolute Gasteiger partial charge is 0.314 e. The van der Waals surface area contributed by atoms with E-state index >= 15 is 0 Å². The molecule has 4 heterocycles. The normalized spacial score (nSPS) is 44.2. The first-order valence-electron chi connectivity index (χ1n) is 9.00. The molecule has 4 aliphatic rings. The van der Waals surface area contributed by atoms with Crippen molar-refractivity contribution in [3.8, 4) is 0 Å². The summed E-state index contributed by atoms with van der Waals surface area (Å²) in [6, 6.07) is 3.55. The van der Waals surface area contributed by atoms with Gasteiger partial charge in [0.05, 0.1) is 0 Å². The van der Waals surface area contributed by atoms with Crippen LogP contribution in [0, 0.1) is 5.92 Å². The van der Waals surface area contributed by atoms with Gasteiger partial charge in [0, 0.05) is 24.2 Å². The third-order valence-electron chi connectivity index (χ3n) is 6.83. The van der Waals surface area contributed by atoms with Gasteiger partial charge in [-0.3, -0.25) is 0 Å². The Morgan fingerprint density at radius 1 is 0.850 bits per heavy atom. The van der Waals surface area contributed by atoms with Crippen LogP contribution in [0.15, 0.2) is 0 Å². The van der Waals surface area contributed by atoms with Crippen LogP contribution in [0.3, 0.4) is 0 Å². The molecule has 0 aromatic heterocycles. The topological polar surface area (TPSA) is 18.5 Å². The standard InChI is InChI=1S/C17H31N3/c1-19-14-4-5-15(19)12-16(11-14)20-9-6-13(7-10-20)17-3-2-8-18-17/h13-18H,2-12H2,1H3. The molecule has 0 saturated carbocycles. The molecule has 0 radical (unpaired) electrons. The number of nitrogens with one attached hydrogen (secondary N) is 1. The van der Waals surface area contributed by atoms with Crippen LogP contribution in [0.5, 0.6) is 0 Å². The van der Waals surface area contributed by atoms with Gasteiger partial charge in [0.2, 0.25) is 0 Å². The first-order valence-corrected chi connectivity index (χ1v) is 9.00. The van der Waals surface area contributed by atoms with Crippen LogP contribution in [0.1, 0.15) is 51.4 Å². The fourth-order valence-corrected chi connectivity index (χ4v) is 5.48. The van der Waals surface area contributed by atoms with E-state index in [0.29, 0.717) is 0 Å². The van der Waals surface area contributed by atoms with E-state index in [2.05, 4.69) is 22.2 Å². The van der Waals surface area contributed by atoms with Gasteiger partial charge in [0.25, 0.3) is 0 Å². The van der Waals surface area contributed by atoms with Crippen molar-refractivity contribution < 1.29 is 0 Å². The number of rotatable bonds is 2. The van der Waals surface area contributed by atoms with Gasteiger partial charge in [-0.05, 0) is 84.0 Å². The van der Waals surface area contributed by atoms with Gasteiger partial charge >= 0.3 is 0 Å². The number of hydrogen-bond donors (Lipinski definition) is 1. The lowest BCUT2D eigenvalue weighted by atomic mass is 9.86. The second kappa shape index (κ2) is 5.58. The van der Waals surface area contributed by atoms with E-state index in [0.717, 1.165) is 30.1 Å². The molecule has 4 fully saturated rings. The highest BCUT2D eigenvalue weighted by atomic mass is 15.2. The van der Waals surface area contributed by atoms with Crippen LogP contribution >= 0.6 is 0 Å². The van der Waals surface area contributed by atoms with Crippen LogP contribution in [-0.2, 0) is 0 Å². The Kier molecular flexibility index (Phi) is 3.78. The van der Waals surface area contributed by atoms with Gasteiger partial charge in [-0.2, -0.15) is 0 Å². The lowest BCUT2D eigenvalue weighted by molar-refractivity contribution is 0.0488. The fraction of sp³-hybridized carbons (Fsp3) is 1.00. The summed E-state index contributed by atoms with van der Waals surface area (Å²) in [6.07, 6.45) is 11.5.